The largest absolute Gasteiger partial charge is 0.357 e. The maximum Gasteiger partial charge on any atom is 0.320 e. The number of amides is 3. The van der Waals surface area contributed by atoms with Crippen LogP contribution < -0.4 is 5.32 Å². The summed E-state index contributed by atoms with van der Waals surface area (Å²) in [7, 11) is 3.41. The second-order valence-corrected chi connectivity index (χ2v) is 3.91. The third kappa shape index (κ3) is 1.15. The maximum atomic E-state index is 11.7. The first-order chi connectivity index (χ1) is 6.65. The normalized spacial score (nSPS) is 30.9. The number of carbonyl (C=O) groups is 2. The fourth-order valence-corrected chi connectivity index (χ4v) is 2.28. The zero-order valence-corrected chi connectivity index (χ0v) is 8.49. The van der Waals surface area contributed by atoms with Crippen molar-refractivity contribution >= 4 is 11.9 Å². The third-order valence-electron chi connectivity index (χ3n) is 3.20. The van der Waals surface area contributed by atoms with Crippen LogP contribution in [0, 0.1) is 0 Å². The lowest BCUT2D eigenvalue weighted by Crippen LogP contribution is -2.48. The SMILES string of the molecule is CNC(=O)[C@@H]1CC[C@@H]2CN1C(=O)N2C. The van der Waals surface area contributed by atoms with Crippen molar-refractivity contribution in [3.8, 4) is 0 Å². The lowest BCUT2D eigenvalue weighted by atomic mass is 10.0. The fraction of sp³-hybridized carbons (Fsp3) is 0.778. The minimum absolute atomic E-state index is 0.0129. The quantitative estimate of drug-likeness (QED) is 0.623. The minimum Gasteiger partial charge on any atom is -0.357 e. The number of hydrogen-bond acceptors (Lipinski definition) is 2. The van der Waals surface area contributed by atoms with E-state index in [1.165, 1.54) is 0 Å². The molecule has 0 spiro atoms. The Hall–Kier alpha value is -1.26. The Morgan fingerprint density at radius 1 is 1.50 bits per heavy atom. The number of hydrogen-bond donors (Lipinski definition) is 1. The van der Waals surface area contributed by atoms with E-state index >= 15 is 0 Å². The Morgan fingerprint density at radius 3 is 2.86 bits per heavy atom. The molecule has 0 unspecified atom stereocenters. The Morgan fingerprint density at radius 2 is 2.21 bits per heavy atom. The second kappa shape index (κ2) is 3.15. The number of nitrogens with zero attached hydrogens (tertiary/aromatic N) is 2. The van der Waals surface area contributed by atoms with Crippen LogP contribution in [-0.4, -0.2) is 54.5 Å². The number of rotatable bonds is 1. The predicted octanol–water partition coefficient (Wildman–Crippen LogP) is -0.369. The average Bonchev–Trinajstić information content (AvgIpc) is 2.44. The molecule has 0 aromatic heterocycles. The summed E-state index contributed by atoms with van der Waals surface area (Å²) in [5.74, 6) is -0.0490. The minimum atomic E-state index is -0.256. The number of carbonyl (C=O) groups excluding carboxylic acids is 2. The van der Waals surface area contributed by atoms with Gasteiger partial charge in [-0.15, -0.1) is 0 Å². The van der Waals surface area contributed by atoms with Crippen LogP contribution in [0.15, 0.2) is 0 Å². The molecule has 2 heterocycles. The molecule has 0 aromatic rings. The summed E-state index contributed by atoms with van der Waals surface area (Å²) < 4.78 is 0. The van der Waals surface area contributed by atoms with Crippen LogP contribution in [-0.2, 0) is 4.79 Å². The zero-order valence-electron chi connectivity index (χ0n) is 8.49. The molecule has 0 radical (unpaired) electrons. The zero-order chi connectivity index (χ0) is 10.3. The Kier molecular flexibility index (Phi) is 2.09. The van der Waals surface area contributed by atoms with Crippen LogP contribution in [0.2, 0.25) is 0 Å². The molecule has 0 aromatic carbocycles. The molecule has 2 aliphatic rings. The van der Waals surface area contributed by atoms with Gasteiger partial charge in [-0.2, -0.15) is 0 Å². The lowest BCUT2D eigenvalue weighted by Gasteiger charge is -2.29. The van der Waals surface area contributed by atoms with Crippen molar-refractivity contribution in [3.05, 3.63) is 0 Å². The van der Waals surface area contributed by atoms with Crippen molar-refractivity contribution in [3.63, 3.8) is 0 Å². The van der Waals surface area contributed by atoms with Gasteiger partial charge in [0.2, 0.25) is 5.91 Å². The molecule has 1 N–H and O–H groups in total. The van der Waals surface area contributed by atoms with Crippen molar-refractivity contribution < 1.29 is 9.59 Å². The Labute approximate surface area is 83.0 Å². The molecule has 0 saturated carbocycles. The van der Waals surface area contributed by atoms with E-state index in [1.54, 1.807) is 23.9 Å². The first kappa shape index (κ1) is 9.30. The summed E-state index contributed by atoms with van der Waals surface area (Å²) in [6.07, 6.45) is 1.71. The molecule has 2 rings (SSSR count). The van der Waals surface area contributed by atoms with Crippen molar-refractivity contribution in [2.45, 2.75) is 24.9 Å². The summed E-state index contributed by atoms with van der Waals surface area (Å²) in [5, 5.41) is 2.60. The van der Waals surface area contributed by atoms with Gasteiger partial charge in [-0.25, -0.2) is 4.79 Å². The van der Waals surface area contributed by atoms with E-state index in [9.17, 15) is 9.59 Å². The molecule has 2 bridgehead atoms. The highest BCUT2D eigenvalue weighted by Gasteiger charge is 2.44. The van der Waals surface area contributed by atoms with Gasteiger partial charge in [0, 0.05) is 20.6 Å². The van der Waals surface area contributed by atoms with Crippen molar-refractivity contribution in [1.82, 2.24) is 15.1 Å². The molecule has 78 valence electrons. The van der Waals surface area contributed by atoms with Gasteiger partial charge in [0.15, 0.2) is 0 Å². The lowest BCUT2D eigenvalue weighted by molar-refractivity contribution is -0.125. The van der Waals surface area contributed by atoms with Gasteiger partial charge in [0.05, 0.1) is 6.04 Å². The smallest absolute Gasteiger partial charge is 0.320 e. The van der Waals surface area contributed by atoms with Gasteiger partial charge in [-0.1, -0.05) is 0 Å². The number of fused-ring (bicyclic) bond motifs is 2. The van der Waals surface area contributed by atoms with Crippen LogP contribution in [0.25, 0.3) is 0 Å². The topological polar surface area (TPSA) is 52.7 Å². The van der Waals surface area contributed by atoms with E-state index in [0.29, 0.717) is 12.6 Å². The first-order valence-electron chi connectivity index (χ1n) is 4.90. The number of nitrogens with one attached hydrogen (secondary N) is 1. The molecule has 2 atom stereocenters. The molecule has 0 aliphatic carbocycles. The molecular formula is C9H15N3O2. The van der Waals surface area contributed by atoms with Crippen LogP contribution in [0.4, 0.5) is 4.79 Å². The Balaban J connectivity index is 2.17. The van der Waals surface area contributed by atoms with E-state index < -0.39 is 0 Å². The van der Waals surface area contributed by atoms with Gasteiger partial charge in [-0.05, 0) is 12.8 Å². The summed E-state index contributed by atoms with van der Waals surface area (Å²) >= 11 is 0. The van der Waals surface area contributed by atoms with E-state index in [1.807, 2.05) is 0 Å². The average molecular weight is 197 g/mol. The van der Waals surface area contributed by atoms with Gasteiger partial charge in [0.25, 0.3) is 0 Å². The van der Waals surface area contributed by atoms with Crippen molar-refractivity contribution in [2.75, 3.05) is 20.6 Å². The first-order valence-corrected chi connectivity index (χ1v) is 4.90. The third-order valence-corrected chi connectivity index (χ3v) is 3.20. The van der Waals surface area contributed by atoms with Gasteiger partial charge < -0.3 is 15.1 Å². The maximum absolute atomic E-state index is 11.7. The highest BCUT2D eigenvalue weighted by atomic mass is 16.2. The number of piperidine rings is 1. The molecule has 5 nitrogen and oxygen atoms in total. The summed E-state index contributed by atoms with van der Waals surface area (Å²) in [6.45, 7) is 0.702. The van der Waals surface area contributed by atoms with E-state index in [0.717, 1.165) is 12.8 Å². The monoisotopic (exact) mass is 197 g/mol. The summed E-state index contributed by atoms with van der Waals surface area (Å²) in [4.78, 5) is 26.6. The van der Waals surface area contributed by atoms with Gasteiger partial charge in [0.1, 0.15) is 6.04 Å². The molecule has 2 saturated heterocycles. The van der Waals surface area contributed by atoms with Crippen molar-refractivity contribution in [2.24, 2.45) is 0 Å². The summed E-state index contributed by atoms with van der Waals surface area (Å²) in [5.41, 5.74) is 0. The fourth-order valence-electron chi connectivity index (χ4n) is 2.28. The standard InChI is InChI=1S/C9H15N3O2/c1-10-8(13)7-4-3-6-5-12(7)9(14)11(6)2/h6-7H,3-5H2,1-2H3,(H,10,13)/t6-,7+/m1/s1. The highest BCUT2D eigenvalue weighted by molar-refractivity contribution is 5.88. The second-order valence-electron chi connectivity index (χ2n) is 3.91. The highest BCUT2D eigenvalue weighted by Crippen LogP contribution is 2.28. The molecular weight excluding hydrogens is 182 g/mol. The van der Waals surface area contributed by atoms with Crippen LogP contribution in [0.3, 0.4) is 0 Å². The van der Waals surface area contributed by atoms with E-state index in [2.05, 4.69) is 5.32 Å². The molecule has 3 amide bonds. The molecule has 2 fully saturated rings. The molecule has 2 aliphatic heterocycles. The van der Waals surface area contributed by atoms with E-state index in [4.69, 9.17) is 0 Å². The molecule has 14 heavy (non-hydrogen) atoms. The Bertz CT molecular complexity index is 279. The van der Waals surface area contributed by atoms with Crippen LogP contribution in [0.1, 0.15) is 12.8 Å². The van der Waals surface area contributed by atoms with Gasteiger partial charge in [-0.3, -0.25) is 4.79 Å². The van der Waals surface area contributed by atoms with Crippen LogP contribution in [0.5, 0.6) is 0 Å². The van der Waals surface area contributed by atoms with Gasteiger partial charge >= 0.3 is 6.03 Å². The van der Waals surface area contributed by atoms with Crippen LogP contribution >= 0.6 is 0 Å². The number of urea groups is 1. The van der Waals surface area contributed by atoms with E-state index in [-0.39, 0.29) is 18.0 Å². The van der Waals surface area contributed by atoms with Crippen molar-refractivity contribution in [1.29, 1.82) is 0 Å². The number of likely N-dealkylation sites (N-methyl/N-ethyl adjacent to an activating group) is 2. The predicted molar refractivity (Wildman–Crippen MR) is 50.7 cm³/mol. The summed E-state index contributed by atoms with van der Waals surface area (Å²) in [6, 6.07) is 0.0400. The molecule has 5 heteroatoms.